The summed E-state index contributed by atoms with van der Waals surface area (Å²) in [5, 5.41) is 12.9. The van der Waals surface area contributed by atoms with Crippen molar-refractivity contribution in [2.45, 2.75) is 12.0 Å². The molecular weight excluding hydrogens is 314 g/mol. The van der Waals surface area contributed by atoms with Crippen molar-refractivity contribution in [3.05, 3.63) is 23.5 Å². The van der Waals surface area contributed by atoms with Gasteiger partial charge in [-0.25, -0.2) is 0 Å². The number of β-amino-alcohol motifs (C(OH)–C–C–N with tert-alkyl or cyclic N) is 1. The molecule has 1 fully saturated rings. The lowest BCUT2D eigenvalue weighted by atomic mass is 9.93. The summed E-state index contributed by atoms with van der Waals surface area (Å²) < 4.78 is 0. The van der Waals surface area contributed by atoms with Crippen molar-refractivity contribution in [2.75, 3.05) is 40.3 Å². The van der Waals surface area contributed by atoms with E-state index in [1.165, 1.54) is 12.1 Å². The topological polar surface area (TPSA) is 132 Å². The third-order valence-corrected chi connectivity index (χ3v) is 3.87. The number of nitrogens with zero attached hydrogens (tertiary/aromatic N) is 2. The SMILES string of the molecule is CN(C)CCC(=O)N1CC(O)(CNC(=O)c2ccc(C(N)=O)[nH]2)C1. The van der Waals surface area contributed by atoms with E-state index >= 15 is 0 Å². The Balaban J connectivity index is 1.77. The highest BCUT2D eigenvalue weighted by molar-refractivity contribution is 5.96. The minimum Gasteiger partial charge on any atom is -0.384 e. The first-order chi connectivity index (χ1) is 11.2. The van der Waals surface area contributed by atoms with Crippen molar-refractivity contribution < 1.29 is 19.5 Å². The highest BCUT2D eigenvalue weighted by Gasteiger charge is 2.43. The zero-order valence-corrected chi connectivity index (χ0v) is 13.8. The normalized spacial score (nSPS) is 15.9. The van der Waals surface area contributed by atoms with Crippen LogP contribution in [0.3, 0.4) is 0 Å². The van der Waals surface area contributed by atoms with E-state index in [2.05, 4.69) is 10.3 Å². The Hall–Kier alpha value is -2.39. The lowest BCUT2D eigenvalue weighted by molar-refractivity contribution is -0.154. The van der Waals surface area contributed by atoms with Crippen molar-refractivity contribution in [1.29, 1.82) is 0 Å². The van der Waals surface area contributed by atoms with Gasteiger partial charge in [-0.2, -0.15) is 0 Å². The Labute approximate surface area is 139 Å². The molecule has 0 unspecified atom stereocenters. The average molecular weight is 337 g/mol. The summed E-state index contributed by atoms with van der Waals surface area (Å²) in [5.41, 5.74) is 4.31. The number of aromatic nitrogens is 1. The van der Waals surface area contributed by atoms with Gasteiger partial charge in [0.05, 0.1) is 19.6 Å². The van der Waals surface area contributed by atoms with Gasteiger partial charge in [0.25, 0.3) is 11.8 Å². The monoisotopic (exact) mass is 337 g/mol. The van der Waals surface area contributed by atoms with Crippen LogP contribution in [0.1, 0.15) is 27.4 Å². The zero-order valence-electron chi connectivity index (χ0n) is 13.8. The maximum absolute atomic E-state index is 12.0. The molecule has 0 radical (unpaired) electrons. The maximum atomic E-state index is 12.0. The van der Waals surface area contributed by atoms with Gasteiger partial charge in [0.15, 0.2) is 0 Å². The van der Waals surface area contributed by atoms with Gasteiger partial charge in [0, 0.05) is 13.0 Å². The Bertz CT molecular complexity index is 634. The number of carbonyl (C=O) groups is 3. The van der Waals surface area contributed by atoms with E-state index in [0.717, 1.165) is 0 Å². The molecule has 0 saturated carbocycles. The van der Waals surface area contributed by atoms with Gasteiger partial charge in [-0.15, -0.1) is 0 Å². The van der Waals surface area contributed by atoms with Crippen LogP contribution in [0.25, 0.3) is 0 Å². The lowest BCUT2D eigenvalue weighted by Gasteiger charge is -2.46. The number of carbonyl (C=O) groups excluding carboxylic acids is 3. The molecule has 2 heterocycles. The molecule has 0 aromatic carbocycles. The summed E-state index contributed by atoms with van der Waals surface area (Å²) in [6.07, 6.45) is 0.397. The average Bonchev–Trinajstić information content (AvgIpc) is 2.97. The van der Waals surface area contributed by atoms with Gasteiger partial charge in [0.1, 0.15) is 17.0 Å². The summed E-state index contributed by atoms with van der Waals surface area (Å²) in [6.45, 7) is 1.06. The number of nitrogens with one attached hydrogen (secondary N) is 2. The van der Waals surface area contributed by atoms with Crippen LogP contribution in [-0.2, 0) is 4.79 Å². The molecule has 1 aliphatic heterocycles. The molecule has 1 aromatic rings. The Morgan fingerprint density at radius 1 is 1.33 bits per heavy atom. The number of nitrogens with two attached hydrogens (primary N) is 1. The molecule has 132 valence electrons. The largest absolute Gasteiger partial charge is 0.384 e. The number of aliphatic hydroxyl groups is 1. The van der Waals surface area contributed by atoms with E-state index in [9.17, 15) is 19.5 Å². The zero-order chi connectivity index (χ0) is 17.9. The number of amides is 3. The molecule has 3 amide bonds. The smallest absolute Gasteiger partial charge is 0.267 e. The van der Waals surface area contributed by atoms with Crippen molar-refractivity contribution in [3.8, 4) is 0 Å². The summed E-state index contributed by atoms with van der Waals surface area (Å²) in [4.78, 5) is 40.9. The van der Waals surface area contributed by atoms with E-state index < -0.39 is 17.4 Å². The molecule has 0 spiro atoms. The van der Waals surface area contributed by atoms with Gasteiger partial charge in [-0.3, -0.25) is 14.4 Å². The molecule has 1 aromatic heterocycles. The number of likely N-dealkylation sites (tertiary alicyclic amines) is 1. The molecule has 9 heteroatoms. The molecule has 1 aliphatic rings. The number of rotatable bonds is 7. The standard InChI is InChI=1S/C15H23N5O4/c1-19(2)6-5-12(21)20-8-15(24,9-20)7-17-14(23)11-4-3-10(18-11)13(16)22/h3-4,18,24H,5-9H2,1-2H3,(H2,16,22)(H,17,23). The summed E-state index contributed by atoms with van der Waals surface area (Å²) >= 11 is 0. The second-order valence-corrected chi connectivity index (χ2v) is 6.36. The van der Waals surface area contributed by atoms with Gasteiger partial charge in [-0.05, 0) is 26.2 Å². The minimum atomic E-state index is -1.12. The van der Waals surface area contributed by atoms with Crippen molar-refractivity contribution in [3.63, 3.8) is 0 Å². The van der Waals surface area contributed by atoms with Crippen LogP contribution in [0.5, 0.6) is 0 Å². The molecule has 1 saturated heterocycles. The molecule has 24 heavy (non-hydrogen) atoms. The van der Waals surface area contributed by atoms with E-state index in [-0.39, 0.29) is 36.9 Å². The summed E-state index contributed by atoms with van der Waals surface area (Å²) in [6, 6.07) is 2.86. The van der Waals surface area contributed by atoms with Crippen LogP contribution in [0.2, 0.25) is 0 Å². The van der Waals surface area contributed by atoms with E-state index in [0.29, 0.717) is 13.0 Å². The highest BCUT2D eigenvalue weighted by atomic mass is 16.3. The van der Waals surface area contributed by atoms with E-state index in [1.54, 1.807) is 4.90 Å². The van der Waals surface area contributed by atoms with E-state index in [4.69, 9.17) is 5.73 Å². The quantitative estimate of drug-likeness (QED) is 0.474. The van der Waals surface area contributed by atoms with Crippen molar-refractivity contribution >= 4 is 17.7 Å². The van der Waals surface area contributed by atoms with Crippen LogP contribution < -0.4 is 11.1 Å². The summed E-state index contributed by atoms with van der Waals surface area (Å²) in [5.74, 6) is -1.12. The first-order valence-corrected chi connectivity index (χ1v) is 7.62. The minimum absolute atomic E-state index is 0.0184. The van der Waals surface area contributed by atoms with Crippen LogP contribution in [0.4, 0.5) is 0 Å². The fraction of sp³-hybridized carbons (Fsp3) is 0.533. The molecule has 0 bridgehead atoms. The molecule has 2 rings (SSSR count). The van der Waals surface area contributed by atoms with Crippen molar-refractivity contribution in [1.82, 2.24) is 20.1 Å². The summed E-state index contributed by atoms with van der Waals surface area (Å²) in [7, 11) is 3.78. The van der Waals surface area contributed by atoms with Crippen molar-refractivity contribution in [2.24, 2.45) is 5.73 Å². The molecule has 5 N–H and O–H groups in total. The highest BCUT2D eigenvalue weighted by Crippen LogP contribution is 2.21. The first kappa shape index (κ1) is 18.0. The third kappa shape index (κ3) is 4.33. The third-order valence-electron chi connectivity index (χ3n) is 3.87. The first-order valence-electron chi connectivity index (χ1n) is 7.62. The number of H-pyrrole nitrogens is 1. The number of hydrogen-bond acceptors (Lipinski definition) is 5. The maximum Gasteiger partial charge on any atom is 0.267 e. The van der Waals surface area contributed by atoms with Gasteiger partial charge >= 0.3 is 0 Å². The Morgan fingerprint density at radius 2 is 1.96 bits per heavy atom. The molecule has 0 aliphatic carbocycles. The van der Waals surface area contributed by atoms with Crippen LogP contribution in [-0.4, -0.2) is 83.5 Å². The fourth-order valence-corrected chi connectivity index (χ4v) is 2.44. The Morgan fingerprint density at radius 3 is 2.50 bits per heavy atom. The fourth-order valence-electron chi connectivity index (χ4n) is 2.44. The predicted molar refractivity (Wildman–Crippen MR) is 86.3 cm³/mol. The number of aromatic amines is 1. The second-order valence-electron chi connectivity index (χ2n) is 6.36. The van der Waals surface area contributed by atoms with Gasteiger partial charge < -0.3 is 30.9 Å². The lowest BCUT2D eigenvalue weighted by Crippen LogP contribution is -2.67. The van der Waals surface area contributed by atoms with Gasteiger partial charge in [0.2, 0.25) is 5.91 Å². The van der Waals surface area contributed by atoms with Gasteiger partial charge in [-0.1, -0.05) is 0 Å². The number of primary amides is 1. The Kier molecular flexibility index (Phi) is 5.25. The van der Waals surface area contributed by atoms with Crippen LogP contribution in [0.15, 0.2) is 12.1 Å². The van der Waals surface area contributed by atoms with Crippen LogP contribution in [0, 0.1) is 0 Å². The molecular formula is C15H23N5O4. The molecule has 0 atom stereocenters. The van der Waals surface area contributed by atoms with Crippen LogP contribution >= 0.6 is 0 Å². The second kappa shape index (κ2) is 7.02. The number of hydrogen-bond donors (Lipinski definition) is 4. The molecule has 9 nitrogen and oxygen atoms in total. The predicted octanol–water partition coefficient (Wildman–Crippen LogP) is -1.63. The van der Waals surface area contributed by atoms with E-state index in [1.807, 2.05) is 19.0 Å².